The maximum absolute atomic E-state index is 12.3. The quantitative estimate of drug-likeness (QED) is 0.601. The second kappa shape index (κ2) is 5.69. The number of anilines is 1. The molecule has 1 fully saturated rings. The molecule has 1 atom stereocenters. The van der Waals surface area contributed by atoms with Gasteiger partial charge >= 0.3 is 0 Å². The fourth-order valence-corrected chi connectivity index (χ4v) is 2.05. The van der Waals surface area contributed by atoms with Gasteiger partial charge in [-0.15, -0.1) is 0 Å². The summed E-state index contributed by atoms with van der Waals surface area (Å²) in [5.74, 6) is 5.27. The molecule has 0 radical (unpaired) electrons. The summed E-state index contributed by atoms with van der Waals surface area (Å²) in [4.78, 5) is 14.0. The van der Waals surface area contributed by atoms with E-state index in [4.69, 9.17) is 15.8 Å². The first-order valence-corrected chi connectivity index (χ1v) is 6.03. The Morgan fingerprint density at radius 1 is 1.63 bits per heavy atom. The summed E-state index contributed by atoms with van der Waals surface area (Å²) in [6, 6.07) is 7.31. The second-order valence-electron chi connectivity index (χ2n) is 4.41. The maximum Gasteiger partial charge on any atom is 0.254 e. The van der Waals surface area contributed by atoms with Crippen LogP contribution in [-0.2, 0) is 4.74 Å². The van der Waals surface area contributed by atoms with Crippen LogP contribution in [-0.4, -0.2) is 36.6 Å². The summed E-state index contributed by atoms with van der Waals surface area (Å²) in [6.45, 7) is 3.09. The third kappa shape index (κ3) is 2.84. The fraction of sp³-hybridized carbons (Fsp3) is 0.385. The number of carbonyl (C=O) groups excluding carboxylic acids is 1. The number of aryl methyl sites for hydroxylation is 1. The third-order valence-electron chi connectivity index (χ3n) is 3.13. The molecule has 100 valence electrons. The average Bonchev–Trinajstić information content (AvgIpc) is 2.46. The molecule has 1 aromatic carbocycles. The molecule has 1 aliphatic heterocycles. The van der Waals surface area contributed by atoms with Crippen LogP contribution < -0.4 is 11.3 Å². The number of hydrogen-bond acceptors (Lipinski definition) is 5. The average molecular weight is 260 g/mol. The van der Waals surface area contributed by atoms with Gasteiger partial charge in [0.15, 0.2) is 6.10 Å². The fourth-order valence-electron chi connectivity index (χ4n) is 2.05. The van der Waals surface area contributed by atoms with Crippen molar-refractivity contribution in [2.75, 3.05) is 25.1 Å². The molecule has 6 nitrogen and oxygen atoms in total. The van der Waals surface area contributed by atoms with Crippen molar-refractivity contribution in [1.29, 1.82) is 5.26 Å². The van der Waals surface area contributed by atoms with E-state index in [0.717, 1.165) is 11.3 Å². The Morgan fingerprint density at radius 3 is 3.05 bits per heavy atom. The van der Waals surface area contributed by atoms with Gasteiger partial charge in [-0.05, 0) is 30.7 Å². The van der Waals surface area contributed by atoms with Gasteiger partial charge in [0.25, 0.3) is 5.91 Å². The number of ether oxygens (including phenoxy) is 1. The standard InChI is InChI=1S/C13H16N4O2/c1-9-6-10(2-3-12(9)16-15)13(18)17-4-5-19-11(7-14)8-17/h2-3,6,11,16H,4-5,8,15H2,1H3. The van der Waals surface area contributed by atoms with Gasteiger partial charge in [-0.1, -0.05) is 0 Å². The second-order valence-corrected chi connectivity index (χ2v) is 4.41. The number of benzene rings is 1. The first-order valence-electron chi connectivity index (χ1n) is 6.03. The summed E-state index contributed by atoms with van der Waals surface area (Å²) in [6.07, 6.45) is -0.538. The van der Waals surface area contributed by atoms with E-state index in [-0.39, 0.29) is 5.91 Å². The van der Waals surface area contributed by atoms with Crippen LogP contribution >= 0.6 is 0 Å². The van der Waals surface area contributed by atoms with Crippen LogP contribution in [0.3, 0.4) is 0 Å². The van der Waals surface area contributed by atoms with E-state index in [1.54, 1.807) is 23.1 Å². The van der Waals surface area contributed by atoms with Gasteiger partial charge in [0, 0.05) is 12.1 Å². The molecule has 6 heteroatoms. The smallest absolute Gasteiger partial charge is 0.254 e. The van der Waals surface area contributed by atoms with Crippen LogP contribution in [0.15, 0.2) is 18.2 Å². The molecule has 0 spiro atoms. The van der Waals surface area contributed by atoms with Crippen molar-refractivity contribution in [3.05, 3.63) is 29.3 Å². The maximum atomic E-state index is 12.3. The normalized spacial score (nSPS) is 18.8. The summed E-state index contributed by atoms with van der Waals surface area (Å²) in [5.41, 5.74) is 4.85. The Kier molecular flexibility index (Phi) is 4.00. The molecule has 1 amide bonds. The van der Waals surface area contributed by atoms with E-state index in [2.05, 4.69) is 5.43 Å². The number of amides is 1. The summed E-state index contributed by atoms with van der Waals surface area (Å²) in [5, 5.41) is 8.84. The zero-order valence-corrected chi connectivity index (χ0v) is 10.7. The molecule has 1 heterocycles. The lowest BCUT2D eigenvalue weighted by Gasteiger charge is -2.30. The zero-order valence-electron chi connectivity index (χ0n) is 10.7. The molecular formula is C13H16N4O2. The molecule has 1 unspecified atom stereocenters. The largest absolute Gasteiger partial charge is 0.360 e. The van der Waals surface area contributed by atoms with Crippen molar-refractivity contribution in [3.63, 3.8) is 0 Å². The van der Waals surface area contributed by atoms with Gasteiger partial charge in [0.1, 0.15) is 0 Å². The highest BCUT2D eigenvalue weighted by Gasteiger charge is 2.24. The Hall–Kier alpha value is -2.10. The molecule has 1 aromatic rings. The van der Waals surface area contributed by atoms with Crippen molar-refractivity contribution in [2.24, 2.45) is 5.84 Å². The third-order valence-corrected chi connectivity index (χ3v) is 3.13. The van der Waals surface area contributed by atoms with Crippen molar-refractivity contribution >= 4 is 11.6 Å². The molecule has 3 N–H and O–H groups in total. The molecule has 1 aliphatic rings. The first kappa shape index (κ1) is 13.3. The van der Waals surface area contributed by atoms with Gasteiger partial charge in [0.05, 0.1) is 24.9 Å². The van der Waals surface area contributed by atoms with Crippen LogP contribution in [0.25, 0.3) is 0 Å². The predicted octanol–water partition coefficient (Wildman–Crippen LogP) is 0.645. The highest BCUT2D eigenvalue weighted by Crippen LogP contribution is 2.17. The van der Waals surface area contributed by atoms with Gasteiger partial charge in [0.2, 0.25) is 0 Å². The Morgan fingerprint density at radius 2 is 2.42 bits per heavy atom. The lowest BCUT2D eigenvalue weighted by Crippen LogP contribution is -2.45. The monoisotopic (exact) mass is 260 g/mol. The van der Waals surface area contributed by atoms with Gasteiger partial charge in [-0.3, -0.25) is 10.6 Å². The number of morpholine rings is 1. The van der Waals surface area contributed by atoms with Gasteiger partial charge < -0.3 is 15.1 Å². The molecule has 0 saturated carbocycles. The van der Waals surface area contributed by atoms with Crippen molar-refractivity contribution in [2.45, 2.75) is 13.0 Å². The van der Waals surface area contributed by atoms with Crippen LogP contribution in [0.4, 0.5) is 5.69 Å². The topological polar surface area (TPSA) is 91.4 Å². The summed E-state index contributed by atoms with van der Waals surface area (Å²) >= 11 is 0. The zero-order chi connectivity index (χ0) is 13.8. The Labute approximate surface area is 111 Å². The molecule has 2 rings (SSSR count). The van der Waals surface area contributed by atoms with Crippen LogP contribution in [0.2, 0.25) is 0 Å². The highest BCUT2D eigenvalue weighted by molar-refractivity contribution is 5.95. The predicted molar refractivity (Wildman–Crippen MR) is 70.2 cm³/mol. The number of nitrogen functional groups attached to an aromatic ring is 1. The number of rotatable bonds is 2. The van der Waals surface area contributed by atoms with Crippen LogP contribution in [0.5, 0.6) is 0 Å². The van der Waals surface area contributed by atoms with Gasteiger partial charge in [-0.2, -0.15) is 5.26 Å². The minimum Gasteiger partial charge on any atom is -0.360 e. The number of nitriles is 1. The molecule has 1 saturated heterocycles. The minimum absolute atomic E-state index is 0.0878. The minimum atomic E-state index is -0.538. The van der Waals surface area contributed by atoms with Crippen LogP contribution in [0, 0.1) is 18.3 Å². The Bertz CT molecular complexity index is 524. The SMILES string of the molecule is Cc1cc(C(=O)N2CCOC(C#N)C2)ccc1NN. The van der Waals surface area contributed by atoms with Crippen molar-refractivity contribution < 1.29 is 9.53 Å². The van der Waals surface area contributed by atoms with E-state index < -0.39 is 6.10 Å². The number of nitrogens with two attached hydrogens (primary N) is 1. The van der Waals surface area contributed by atoms with Crippen molar-refractivity contribution in [3.8, 4) is 6.07 Å². The lowest BCUT2D eigenvalue weighted by molar-refractivity contribution is 0.00346. The molecule has 0 bridgehead atoms. The summed E-state index contributed by atoms with van der Waals surface area (Å²) < 4.78 is 5.22. The first-order chi connectivity index (χ1) is 9.15. The number of nitrogens with one attached hydrogen (secondary N) is 1. The van der Waals surface area contributed by atoms with Crippen LogP contribution in [0.1, 0.15) is 15.9 Å². The molecule has 0 aliphatic carbocycles. The van der Waals surface area contributed by atoms with E-state index in [1.807, 2.05) is 13.0 Å². The molecule has 0 aromatic heterocycles. The highest BCUT2D eigenvalue weighted by atomic mass is 16.5. The van der Waals surface area contributed by atoms with Crippen molar-refractivity contribution in [1.82, 2.24) is 4.90 Å². The van der Waals surface area contributed by atoms with E-state index in [1.165, 1.54) is 0 Å². The molecular weight excluding hydrogens is 244 g/mol. The lowest BCUT2D eigenvalue weighted by atomic mass is 10.1. The van der Waals surface area contributed by atoms with E-state index >= 15 is 0 Å². The summed E-state index contributed by atoms with van der Waals surface area (Å²) in [7, 11) is 0. The van der Waals surface area contributed by atoms with E-state index in [9.17, 15) is 4.79 Å². The number of carbonyl (C=O) groups is 1. The number of hydrogen-bond donors (Lipinski definition) is 2. The molecule has 19 heavy (non-hydrogen) atoms. The number of nitrogens with zero attached hydrogens (tertiary/aromatic N) is 2. The van der Waals surface area contributed by atoms with Gasteiger partial charge in [-0.25, -0.2) is 0 Å². The Balaban J connectivity index is 2.15. The number of hydrazine groups is 1. The van der Waals surface area contributed by atoms with E-state index in [0.29, 0.717) is 25.3 Å².